The standard InChI is InChI=1S/C19H26F6O2/c1-15-7-2-4-13(26)12(15)5-6-14(15)16(10-11-16)8-3-9-17(27,18(20,21)22)19(23,24)25/h3,9,12-14,26-27H,2,4-8,10-11H2,1H3/b9-3+. The SMILES string of the molecule is CC12CCCC(O)C1CCC2C1(C/C=C/C(O)(C(F)(F)F)C(F)(F)F)CC1. The van der Waals surface area contributed by atoms with Crippen molar-refractivity contribution in [2.24, 2.45) is 22.7 Å². The summed E-state index contributed by atoms with van der Waals surface area (Å²) in [5, 5.41) is 19.6. The Morgan fingerprint density at radius 3 is 2.07 bits per heavy atom. The zero-order chi connectivity index (χ0) is 20.3. The van der Waals surface area contributed by atoms with Crippen molar-refractivity contribution in [1.29, 1.82) is 0 Å². The lowest BCUT2D eigenvalue weighted by molar-refractivity contribution is -0.347. The van der Waals surface area contributed by atoms with Crippen LogP contribution in [0.1, 0.15) is 58.3 Å². The van der Waals surface area contributed by atoms with Gasteiger partial charge in [0.1, 0.15) is 0 Å². The van der Waals surface area contributed by atoms with E-state index in [0.717, 1.165) is 51.0 Å². The number of hydrogen-bond acceptors (Lipinski definition) is 2. The minimum atomic E-state index is -5.82. The lowest BCUT2D eigenvalue weighted by atomic mass is 9.60. The van der Waals surface area contributed by atoms with Gasteiger partial charge in [0, 0.05) is 0 Å². The molecule has 0 amide bonds. The maximum absolute atomic E-state index is 12.8. The van der Waals surface area contributed by atoms with Crippen LogP contribution in [0.2, 0.25) is 0 Å². The number of allylic oxidation sites excluding steroid dienone is 1. The number of fused-ring (bicyclic) bond motifs is 1. The molecule has 3 fully saturated rings. The summed E-state index contributed by atoms with van der Waals surface area (Å²) in [6, 6.07) is 0. The second-order valence-electron chi connectivity index (χ2n) is 8.93. The molecule has 3 rings (SSSR count). The molecule has 3 saturated carbocycles. The summed E-state index contributed by atoms with van der Waals surface area (Å²) in [7, 11) is 0. The van der Waals surface area contributed by atoms with E-state index < -0.39 is 18.0 Å². The monoisotopic (exact) mass is 400 g/mol. The summed E-state index contributed by atoms with van der Waals surface area (Å²) in [6.07, 6.45) is -5.41. The lowest BCUT2D eigenvalue weighted by Crippen LogP contribution is -2.55. The minimum absolute atomic E-state index is 0.0878. The summed E-state index contributed by atoms with van der Waals surface area (Å²) in [4.78, 5) is 0. The van der Waals surface area contributed by atoms with E-state index in [2.05, 4.69) is 6.92 Å². The number of aliphatic hydroxyl groups excluding tert-OH is 1. The molecule has 3 aliphatic rings. The van der Waals surface area contributed by atoms with E-state index in [1.165, 1.54) is 0 Å². The second kappa shape index (κ2) is 6.37. The van der Waals surface area contributed by atoms with Gasteiger partial charge in [-0.3, -0.25) is 0 Å². The molecule has 8 heteroatoms. The average molecular weight is 400 g/mol. The highest BCUT2D eigenvalue weighted by Crippen LogP contribution is 2.69. The van der Waals surface area contributed by atoms with Crippen molar-refractivity contribution < 1.29 is 36.6 Å². The van der Waals surface area contributed by atoms with E-state index in [1.54, 1.807) is 0 Å². The van der Waals surface area contributed by atoms with Crippen molar-refractivity contribution in [3.63, 3.8) is 0 Å². The van der Waals surface area contributed by atoms with Gasteiger partial charge in [-0.2, -0.15) is 26.3 Å². The third-order valence-corrected chi connectivity index (χ3v) is 7.47. The zero-order valence-electron chi connectivity index (χ0n) is 15.2. The molecule has 0 aromatic heterocycles. The Morgan fingerprint density at radius 2 is 1.56 bits per heavy atom. The fraction of sp³-hybridized carbons (Fsp3) is 0.895. The molecule has 3 aliphatic carbocycles. The molecule has 0 radical (unpaired) electrons. The van der Waals surface area contributed by atoms with E-state index in [1.807, 2.05) is 0 Å². The molecule has 0 spiro atoms. The predicted octanol–water partition coefficient (Wildman–Crippen LogP) is 5.15. The van der Waals surface area contributed by atoms with Crippen LogP contribution in [0, 0.1) is 22.7 Å². The fourth-order valence-corrected chi connectivity index (χ4v) is 5.82. The first-order valence-corrected chi connectivity index (χ1v) is 9.48. The van der Waals surface area contributed by atoms with Crippen LogP contribution in [0.4, 0.5) is 26.3 Å². The van der Waals surface area contributed by atoms with Crippen molar-refractivity contribution in [2.75, 3.05) is 0 Å². The van der Waals surface area contributed by atoms with Gasteiger partial charge in [-0.1, -0.05) is 19.4 Å². The minimum Gasteiger partial charge on any atom is -0.393 e. The highest BCUT2D eigenvalue weighted by atomic mass is 19.4. The summed E-state index contributed by atoms with van der Waals surface area (Å²) in [5.41, 5.74) is -5.25. The first kappa shape index (κ1) is 21.0. The van der Waals surface area contributed by atoms with Crippen molar-refractivity contribution in [2.45, 2.75) is 82.3 Å². The van der Waals surface area contributed by atoms with Crippen LogP contribution in [0.15, 0.2) is 12.2 Å². The zero-order valence-corrected chi connectivity index (χ0v) is 15.2. The van der Waals surface area contributed by atoms with Crippen LogP contribution in [0.25, 0.3) is 0 Å². The number of aliphatic hydroxyl groups is 2. The van der Waals surface area contributed by atoms with Gasteiger partial charge >= 0.3 is 12.4 Å². The van der Waals surface area contributed by atoms with Gasteiger partial charge in [0.05, 0.1) is 6.10 Å². The number of rotatable bonds is 4. The molecule has 4 unspecified atom stereocenters. The number of halogens is 6. The predicted molar refractivity (Wildman–Crippen MR) is 86.7 cm³/mol. The Balaban J connectivity index is 1.77. The molecule has 0 bridgehead atoms. The van der Waals surface area contributed by atoms with Crippen molar-refractivity contribution in [3.8, 4) is 0 Å². The van der Waals surface area contributed by atoms with Crippen LogP contribution in [0.5, 0.6) is 0 Å². The first-order chi connectivity index (χ1) is 12.3. The largest absolute Gasteiger partial charge is 0.429 e. The lowest BCUT2D eigenvalue weighted by Gasteiger charge is -2.46. The third-order valence-electron chi connectivity index (χ3n) is 7.47. The van der Waals surface area contributed by atoms with Gasteiger partial charge in [0.25, 0.3) is 5.60 Å². The maximum Gasteiger partial charge on any atom is 0.429 e. The number of hydrogen-bond donors (Lipinski definition) is 2. The molecule has 2 nitrogen and oxygen atoms in total. The van der Waals surface area contributed by atoms with Gasteiger partial charge in [-0.25, -0.2) is 0 Å². The van der Waals surface area contributed by atoms with E-state index in [4.69, 9.17) is 0 Å². The van der Waals surface area contributed by atoms with E-state index in [-0.39, 0.29) is 41.3 Å². The fourth-order valence-electron chi connectivity index (χ4n) is 5.82. The average Bonchev–Trinajstić information content (AvgIpc) is 3.19. The van der Waals surface area contributed by atoms with Crippen LogP contribution >= 0.6 is 0 Å². The summed E-state index contributed by atoms with van der Waals surface area (Å²) in [6.45, 7) is 2.11. The summed E-state index contributed by atoms with van der Waals surface area (Å²) < 4.78 is 76.9. The molecule has 0 saturated heterocycles. The van der Waals surface area contributed by atoms with Gasteiger partial charge in [-0.05, 0) is 73.7 Å². The van der Waals surface area contributed by atoms with Crippen LogP contribution in [-0.4, -0.2) is 34.3 Å². The topological polar surface area (TPSA) is 40.5 Å². The molecule has 0 aromatic carbocycles. The van der Waals surface area contributed by atoms with Gasteiger partial charge in [0.15, 0.2) is 0 Å². The van der Waals surface area contributed by atoms with Crippen molar-refractivity contribution in [1.82, 2.24) is 0 Å². The van der Waals surface area contributed by atoms with Gasteiger partial charge in [0.2, 0.25) is 0 Å². The molecule has 0 aromatic rings. The second-order valence-corrected chi connectivity index (χ2v) is 8.93. The molecular weight excluding hydrogens is 374 g/mol. The van der Waals surface area contributed by atoms with Crippen LogP contribution in [-0.2, 0) is 0 Å². The molecule has 2 N–H and O–H groups in total. The molecule has 156 valence electrons. The Labute approximate surface area is 154 Å². The number of alkyl halides is 6. The highest BCUT2D eigenvalue weighted by molar-refractivity contribution is 5.16. The van der Waals surface area contributed by atoms with Crippen molar-refractivity contribution in [3.05, 3.63) is 12.2 Å². The molecular formula is C19H26F6O2. The van der Waals surface area contributed by atoms with Crippen LogP contribution in [0.3, 0.4) is 0 Å². The maximum atomic E-state index is 12.8. The molecule has 4 atom stereocenters. The third kappa shape index (κ3) is 3.30. The summed E-state index contributed by atoms with van der Waals surface area (Å²) in [5.74, 6) is 0.333. The van der Waals surface area contributed by atoms with Crippen LogP contribution < -0.4 is 0 Å². The summed E-state index contributed by atoms with van der Waals surface area (Å²) >= 11 is 0. The van der Waals surface area contributed by atoms with Gasteiger partial charge in [-0.15, -0.1) is 0 Å². The highest BCUT2D eigenvalue weighted by Gasteiger charge is 2.69. The van der Waals surface area contributed by atoms with Gasteiger partial charge < -0.3 is 10.2 Å². The van der Waals surface area contributed by atoms with Crippen molar-refractivity contribution >= 4 is 0 Å². The van der Waals surface area contributed by atoms with E-state index in [0.29, 0.717) is 0 Å². The quantitative estimate of drug-likeness (QED) is 0.506. The van der Waals surface area contributed by atoms with E-state index >= 15 is 0 Å². The Hall–Kier alpha value is -0.760. The molecule has 27 heavy (non-hydrogen) atoms. The Bertz CT molecular complexity index is 578. The Kier molecular flexibility index (Phi) is 4.95. The first-order valence-electron chi connectivity index (χ1n) is 9.48. The Morgan fingerprint density at radius 1 is 0.963 bits per heavy atom. The molecule has 0 aliphatic heterocycles. The van der Waals surface area contributed by atoms with E-state index in [9.17, 15) is 36.6 Å². The smallest absolute Gasteiger partial charge is 0.393 e. The molecule has 0 heterocycles. The normalized spacial score (nSPS) is 36.9.